The Morgan fingerprint density at radius 2 is 2.22 bits per heavy atom. The van der Waals surface area contributed by atoms with Crippen molar-refractivity contribution in [1.29, 1.82) is 0 Å². The molecule has 0 spiro atoms. The number of piperidine rings is 1. The SMILES string of the molecule is CCN1CCC(CNc2snc(N)c2OC)CC1. The Hall–Kier alpha value is -1.01. The summed E-state index contributed by atoms with van der Waals surface area (Å²) in [4.78, 5) is 2.50. The van der Waals surface area contributed by atoms with Gasteiger partial charge in [0.15, 0.2) is 16.6 Å². The predicted octanol–water partition coefficient (Wildman–Crippen LogP) is 1.88. The maximum Gasteiger partial charge on any atom is 0.197 e. The molecule has 1 fully saturated rings. The van der Waals surface area contributed by atoms with E-state index in [1.807, 2.05) is 0 Å². The van der Waals surface area contributed by atoms with E-state index in [0.29, 0.717) is 11.6 Å². The van der Waals surface area contributed by atoms with Gasteiger partial charge in [0.25, 0.3) is 0 Å². The molecule has 0 saturated carbocycles. The van der Waals surface area contributed by atoms with Crippen molar-refractivity contribution in [2.75, 3.05) is 44.3 Å². The molecule has 0 radical (unpaired) electrons. The average molecular weight is 270 g/mol. The average Bonchev–Trinajstić information content (AvgIpc) is 2.77. The van der Waals surface area contributed by atoms with Crippen molar-refractivity contribution in [3.8, 4) is 5.75 Å². The second-order valence-corrected chi connectivity index (χ2v) is 5.46. The Balaban J connectivity index is 1.81. The summed E-state index contributed by atoms with van der Waals surface area (Å²) in [5.41, 5.74) is 5.72. The fraction of sp³-hybridized carbons (Fsp3) is 0.750. The minimum Gasteiger partial charge on any atom is -0.490 e. The lowest BCUT2D eigenvalue weighted by atomic mass is 9.97. The third-order valence-electron chi connectivity index (χ3n) is 3.58. The Morgan fingerprint density at radius 1 is 1.50 bits per heavy atom. The number of nitrogens with two attached hydrogens (primary N) is 1. The number of methoxy groups -OCH3 is 1. The van der Waals surface area contributed by atoms with E-state index in [1.165, 1.54) is 44.0 Å². The first-order chi connectivity index (χ1) is 8.74. The second kappa shape index (κ2) is 6.24. The number of hydrogen-bond acceptors (Lipinski definition) is 6. The molecule has 1 aromatic rings. The van der Waals surface area contributed by atoms with Crippen LogP contribution in [-0.2, 0) is 0 Å². The van der Waals surface area contributed by atoms with Crippen LogP contribution in [0.5, 0.6) is 5.75 Å². The van der Waals surface area contributed by atoms with Gasteiger partial charge in [-0.25, -0.2) is 0 Å². The van der Waals surface area contributed by atoms with E-state index in [2.05, 4.69) is 21.5 Å². The normalized spacial score (nSPS) is 17.9. The Kier molecular flexibility index (Phi) is 4.66. The molecule has 2 heterocycles. The zero-order chi connectivity index (χ0) is 13.0. The molecule has 102 valence electrons. The van der Waals surface area contributed by atoms with E-state index >= 15 is 0 Å². The van der Waals surface area contributed by atoms with E-state index < -0.39 is 0 Å². The number of likely N-dealkylation sites (tertiary alicyclic amines) is 1. The topological polar surface area (TPSA) is 63.4 Å². The van der Waals surface area contributed by atoms with Crippen molar-refractivity contribution < 1.29 is 4.74 Å². The summed E-state index contributed by atoms with van der Waals surface area (Å²) < 4.78 is 9.34. The second-order valence-electron chi connectivity index (χ2n) is 4.69. The van der Waals surface area contributed by atoms with Gasteiger partial charge >= 0.3 is 0 Å². The molecule has 0 amide bonds. The van der Waals surface area contributed by atoms with Crippen LogP contribution in [0.25, 0.3) is 0 Å². The minimum absolute atomic E-state index is 0.478. The van der Waals surface area contributed by atoms with Crippen LogP contribution in [0.3, 0.4) is 0 Å². The molecule has 0 bridgehead atoms. The lowest BCUT2D eigenvalue weighted by molar-refractivity contribution is 0.198. The number of nitrogens with one attached hydrogen (secondary N) is 1. The van der Waals surface area contributed by atoms with Gasteiger partial charge in [-0.3, -0.25) is 0 Å². The third kappa shape index (κ3) is 3.05. The molecular weight excluding hydrogens is 248 g/mol. The first-order valence-electron chi connectivity index (χ1n) is 6.50. The largest absolute Gasteiger partial charge is 0.490 e. The highest BCUT2D eigenvalue weighted by molar-refractivity contribution is 7.11. The van der Waals surface area contributed by atoms with Gasteiger partial charge in [0.1, 0.15) is 0 Å². The molecule has 1 aromatic heterocycles. The van der Waals surface area contributed by atoms with Crippen molar-refractivity contribution in [3.05, 3.63) is 0 Å². The number of anilines is 2. The highest BCUT2D eigenvalue weighted by Gasteiger charge is 2.19. The van der Waals surface area contributed by atoms with Crippen LogP contribution in [0, 0.1) is 5.92 Å². The summed E-state index contributed by atoms with van der Waals surface area (Å²) in [5.74, 6) is 1.90. The maximum absolute atomic E-state index is 5.72. The monoisotopic (exact) mass is 270 g/mol. The molecule has 0 unspecified atom stereocenters. The molecule has 1 aliphatic rings. The van der Waals surface area contributed by atoms with E-state index in [1.54, 1.807) is 7.11 Å². The lowest BCUT2D eigenvalue weighted by Crippen LogP contribution is -2.35. The Morgan fingerprint density at radius 3 is 2.83 bits per heavy atom. The zero-order valence-electron chi connectivity index (χ0n) is 11.1. The van der Waals surface area contributed by atoms with Gasteiger partial charge in [-0.15, -0.1) is 0 Å². The summed E-state index contributed by atoms with van der Waals surface area (Å²) in [5, 5.41) is 4.37. The van der Waals surface area contributed by atoms with Gasteiger partial charge in [-0.1, -0.05) is 6.92 Å². The molecule has 18 heavy (non-hydrogen) atoms. The fourth-order valence-electron chi connectivity index (χ4n) is 2.35. The summed E-state index contributed by atoms with van der Waals surface area (Å²) in [6, 6.07) is 0. The number of hydrogen-bond donors (Lipinski definition) is 2. The molecule has 5 nitrogen and oxygen atoms in total. The first kappa shape index (κ1) is 13.4. The van der Waals surface area contributed by atoms with Gasteiger partial charge in [0.05, 0.1) is 7.11 Å². The van der Waals surface area contributed by atoms with E-state index in [9.17, 15) is 0 Å². The third-order valence-corrected chi connectivity index (χ3v) is 4.38. The number of rotatable bonds is 5. The van der Waals surface area contributed by atoms with Crippen LogP contribution in [0.2, 0.25) is 0 Å². The zero-order valence-corrected chi connectivity index (χ0v) is 11.9. The van der Waals surface area contributed by atoms with Crippen LogP contribution in [0.4, 0.5) is 10.8 Å². The van der Waals surface area contributed by atoms with Gasteiger partial charge in [0, 0.05) is 6.54 Å². The lowest BCUT2D eigenvalue weighted by Gasteiger charge is -2.31. The molecule has 2 rings (SSSR count). The molecule has 6 heteroatoms. The number of ether oxygens (including phenoxy) is 1. The maximum atomic E-state index is 5.72. The fourth-order valence-corrected chi connectivity index (χ4v) is 3.04. The number of aromatic nitrogens is 1. The van der Waals surface area contributed by atoms with Crippen molar-refractivity contribution in [1.82, 2.24) is 9.27 Å². The number of nitrogen functional groups attached to an aromatic ring is 1. The van der Waals surface area contributed by atoms with Crippen LogP contribution in [0.1, 0.15) is 19.8 Å². The quantitative estimate of drug-likeness (QED) is 0.855. The summed E-state index contributed by atoms with van der Waals surface area (Å²) in [7, 11) is 1.63. The molecule has 0 aromatic carbocycles. The van der Waals surface area contributed by atoms with Crippen molar-refractivity contribution in [2.45, 2.75) is 19.8 Å². The van der Waals surface area contributed by atoms with Crippen molar-refractivity contribution in [2.24, 2.45) is 5.92 Å². The van der Waals surface area contributed by atoms with Crippen LogP contribution >= 0.6 is 11.5 Å². The standard InChI is InChI=1S/C12H22N4OS/c1-3-16-6-4-9(5-7-16)8-14-12-10(17-2)11(13)15-18-12/h9,14H,3-8H2,1-2H3,(H2,13,15). The summed E-state index contributed by atoms with van der Waals surface area (Å²) >= 11 is 1.37. The number of nitrogens with zero attached hydrogens (tertiary/aromatic N) is 2. The van der Waals surface area contributed by atoms with Crippen LogP contribution < -0.4 is 15.8 Å². The molecule has 0 aliphatic carbocycles. The molecule has 1 aliphatic heterocycles. The van der Waals surface area contributed by atoms with Crippen molar-refractivity contribution in [3.63, 3.8) is 0 Å². The van der Waals surface area contributed by atoms with Crippen molar-refractivity contribution >= 4 is 22.4 Å². The van der Waals surface area contributed by atoms with Gasteiger partial charge in [-0.2, -0.15) is 4.37 Å². The van der Waals surface area contributed by atoms with E-state index in [0.717, 1.165) is 17.5 Å². The smallest absolute Gasteiger partial charge is 0.197 e. The predicted molar refractivity (Wildman–Crippen MR) is 76.4 cm³/mol. The Bertz CT molecular complexity index is 374. The molecule has 1 saturated heterocycles. The van der Waals surface area contributed by atoms with Crippen LogP contribution in [0.15, 0.2) is 0 Å². The van der Waals surface area contributed by atoms with Gasteiger partial charge in [-0.05, 0) is 49.9 Å². The minimum atomic E-state index is 0.478. The van der Waals surface area contributed by atoms with Crippen LogP contribution in [-0.4, -0.2) is 42.6 Å². The summed E-state index contributed by atoms with van der Waals surface area (Å²) in [6.45, 7) is 6.80. The molecule has 0 atom stereocenters. The highest BCUT2D eigenvalue weighted by Crippen LogP contribution is 2.35. The Labute approximate surface area is 112 Å². The highest BCUT2D eigenvalue weighted by atomic mass is 32.1. The van der Waals surface area contributed by atoms with E-state index in [4.69, 9.17) is 10.5 Å². The molecule has 3 N–H and O–H groups in total. The van der Waals surface area contributed by atoms with Gasteiger partial charge in [0.2, 0.25) is 0 Å². The molecular formula is C12H22N4OS. The summed E-state index contributed by atoms with van der Waals surface area (Å²) in [6.07, 6.45) is 2.52. The first-order valence-corrected chi connectivity index (χ1v) is 7.27. The van der Waals surface area contributed by atoms with Gasteiger partial charge < -0.3 is 20.7 Å². The van der Waals surface area contributed by atoms with E-state index in [-0.39, 0.29) is 0 Å².